The van der Waals surface area contributed by atoms with E-state index in [1.54, 1.807) is 7.11 Å². The lowest BCUT2D eigenvalue weighted by atomic mass is 10.2. The van der Waals surface area contributed by atoms with Crippen LogP contribution in [0.15, 0.2) is 40.8 Å². The average molecular weight is 354 g/mol. The molecule has 0 aliphatic heterocycles. The summed E-state index contributed by atoms with van der Waals surface area (Å²) in [5.74, 6) is 1.60. The Hall–Kier alpha value is -2.69. The molecule has 0 aliphatic carbocycles. The summed E-state index contributed by atoms with van der Waals surface area (Å²) < 4.78 is 13.0. The molecule has 0 saturated heterocycles. The molecule has 0 saturated carbocycles. The molecule has 1 N–H and O–H groups in total. The number of hydrogen-bond donors (Lipinski definition) is 1. The smallest absolute Gasteiger partial charge is 0.268 e. The minimum Gasteiger partial charge on any atom is -0.497 e. The van der Waals surface area contributed by atoms with E-state index in [0.717, 1.165) is 47.4 Å². The van der Waals surface area contributed by atoms with E-state index < -0.39 is 0 Å². The standard InChI is InChI=1S/C21H26N2O3/c1-4-5-6-11-22-21(24)19-13-20-18(12-15(2)26-20)23(19)14-16-7-9-17(25-3)10-8-16/h7-10,12-13H,4-6,11,14H2,1-3H3,(H,22,24). The topological polar surface area (TPSA) is 56.4 Å². The first kappa shape index (κ1) is 18.1. The number of aromatic nitrogens is 1. The molecular formula is C21H26N2O3. The molecule has 0 unspecified atom stereocenters. The predicted octanol–water partition coefficient (Wildman–Crippen LogP) is 4.52. The van der Waals surface area contributed by atoms with Gasteiger partial charge in [0.25, 0.3) is 5.91 Å². The fourth-order valence-corrected chi connectivity index (χ4v) is 3.10. The number of nitrogens with one attached hydrogen (secondary N) is 1. The van der Waals surface area contributed by atoms with Gasteiger partial charge >= 0.3 is 0 Å². The summed E-state index contributed by atoms with van der Waals surface area (Å²) in [6.07, 6.45) is 3.25. The highest BCUT2D eigenvalue weighted by atomic mass is 16.5. The molecule has 2 aromatic heterocycles. The summed E-state index contributed by atoms with van der Waals surface area (Å²) in [7, 11) is 1.65. The van der Waals surface area contributed by atoms with Crippen LogP contribution in [0.5, 0.6) is 5.75 Å². The Labute approximate surface area is 153 Å². The zero-order valence-corrected chi connectivity index (χ0v) is 15.7. The number of carbonyl (C=O) groups excluding carboxylic acids is 1. The first-order valence-electron chi connectivity index (χ1n) is 9.13. The predicted molar refractivity (Wildman–Crippen MR) is 103 cm³/mol. The van der Waals surface area contributed by atoms with Crippen LogP contribution in [0, 0.1) is 6.92 Å². The lowest BCUT2D eigenvalue weighted by molar-refractivity contribution is 0.0944. The van der Waals surface area contributed by atoms with Crippen LogP contribution in [0.2, 0.25) is 0 Å². The number of benzene rings is 1. The molecule has 0 aliphatic rings. The molecule has 1 aromatic carbocycles. The molecule has 0 fully saturated rings. The molecule has 0 bridgehead atoms. The Balaban J connectivity index is 1.86. The lowest BCUT2D eigenvalue weighted by Gasteiger charge is -2.11. The second-order valence-electron chi connectivity index (χ2n) is 6.53. The van der Waals surface area contributed by atoms with Crippen molar-refractivity contribution in [3.05, 3.63) is 53.4 Å². The fraction of sp³-hybridized carbons (Fsp3) is 0.381. The van der Waals surface area contributed by atoms with Crippen molar-refractivity contribution in [2.45, 2.75) is 39.7 Å². The number of unbranched alkanes of at least 4 members (excludes halogenated alkanes) is 2. The Morgan fingerprint density at radius 2 is 1.96 bits per heavy atom. The van der Waals surface area contributed by atoms with Crippen LogP contribution in [0.4, 0.5) is 0 Å². The summed E-state index contributed by atoms with van der Waals surface area (Å²) in [6, 6.07) is 11.7. The zero-order valence-electron chi connectivity index (χ0n) is 15.7. The van der Waals surface area contributed by atoms with Gasteiger partial charge < -0.3 is 19.0 Å². The highest BCUT2D eigenvalue weighted by molar-refractivity contribution is 5.97. The number of amides is 1. The van der Waals surface area contributed by atoms with Crippen LogP contribution in [0.1, 0.15) is 48.0 Å². The van der Waals surface area contributed by atoms with E-state index in [9.17, 15) is 4.79 Å². The van der Waals surface area contributed by atoms with Crippen molar-refractivity contribution in [1.29, 1.82) is 0 Å². The normalized spacial score (nSPS) is 11.0. The van der Waals surface area contributed by atoms with Crippen molar-refractivity contribution in [2.24, 2.45) is 0 Å². The van der Waals surface area contributed by atoms with Gasteiger partial charge in [-0.15, -0.1) is 0 Å². The van der Waals surface area contributed by atoms with Gasteiger partial charge in [0, 0.05) is 25.2 Å². The maximum Gasteiger partial charge on any atom is 0.268 e. The Morgan fingerprint density at radius 3 is 2.65 bits per heavy atom. The molecule has 0 atom stereocenters. The number of furan rings is 1. The van der Waals surface area contributed by atoms with Gasteiger partial charge in [-0.3, -0.25) is 4.79 Å². The second-order valence-corrected chi connectivity index (χ2v) is 6.53. The van der Waals surface area contributed by atoms with Gasteiger partial charge in [0.2, 0.25) is 0 Å². The first-order chi connectivity index (χ1) is 12.6. The van der Waals surface area contributed by atoms with Gasteiger partial charge in [-0.05, 0) is 31.0 Å². The van der Waals surface area contributed by atoms with Gasteiger partial charge in [-0.2, -0.15) is 0 Å². The number of carbonyl (C=O) groups is 1. The van der Waals surface area contributed by atoms with E-state index in [4.69, 9.17) is 9.15 Å². The van der Waals surface area contributed by atoms with E-state index >= 15 is 0 Å². The van der Waals surface area contributed by atoms with Crippen molar-refractivity contribution in [1.82, 2.24) is 9.88 Å². The molecule has 3 aromatic rings. The van der Waals surface area contributed by atoms with Crippen molar-refractivity contribution in [2.75, 3.05) is 13.7 Å². The maximum atomic E-state index is 12.7. The third-order valence-electron chi connectivity index (χ3n) is 4.51. The third-order valence-corrected chi connectivity index (χ3v) is 4.51. The maximum absolute atomic E-state index is 12.7. The second kappa shape index (κ2) is 8.13. The monoisotopic (exact) mass is 354 g/mol. The molecule has 138 valence electrons. The van der Waals surface area contributed by atoms with Crippen molar-refractivity contribution < 1.29 is 13.9 Å². The number of nitrogens with zero attached hydrogens (tertiary/aromatic N) is 1. The number of ether oxygens (including phenoxy) is 1. The summed E-state index contributed by atoms with van der Waals surface area (Å²) >= 11 is 0. The number of hydrogen-bond acceptors (Lipinski definition) is 3. The summed E-state index contributed by atoms with van der Waals surface area (Å²) in [5.41, 5.74) is 3.42. The fourth-order valence-electron chi connectivity index (χ4n) is 3.10. The van der Waals surface area contributed by atoms with Crippen LogP contribution >= 0.6 is 0 Å². The highest BCUT2D eigenvalue weighted by Gasteiger charge is 2.18. The van der Waals surface area contributed by atoms with E-state index in [-0.39, 0.29) is 5.91 Å². The number of aryl methyl sites for hydroxylation is 1. The van der Waals surface area contributed by atoms with Crippen LogP contribution in [0.3, 0.4) is 0 Å². The largest absolute Gasteiger partial charge is 0.497 e. The van der Waals surface area contributed by atoms with Gasteiger partial charge in [-0.1, -0.05) is 31.9 Å². The molecular weight excluding hydrogens is 328 g/mol. The molecule has 3 rings (SSSR count). The summed E-state index contributed by atoms with van der Waals surface area (Å²) in [4.78, 5) is 12.7. The first-order valence-corrected chi connectivity index (χ1v) is 9.13. The Morgan fingerprint density at radius 1 is 1.19 bits per heavy atom. The number of rotatable bonds is 8. The van der Waals surface area contributed by atoms with Crippen LogP contribution in [0.25, 0.3) is 11.1 Å². The van der Waals surface area contributed by atoms with Crippen LogP contribution in [-0.2, 0) is 6.54 Å². The zero-order chi connectivity index (χ0) is 18.5. The van der Waals surface area contributed by atoms with Crippen molar-refractivity contribution in [3.8, 4) is 5.75 Å². The lowest BCUT2D eigenvalue weighted by Crippen LogP contribution is -2.27. The van der Waals surface area contributed by atoms with E-state index in [0.29, 0.717) is 18.8 Å². The van der Waals surface area contributed by atoms with Crippen LogP contribution < -0.4 is 10.1 Å². The Bertz CT molecular complexity index is 875. The van der Waals surface area contributed by atoms with Gasteiger partial charge in [-0.25, -0.2) is 0 Å². The number of methoxy groups -OCH3 is 1. The SMILES string of the molecule is CCCCCNC(=O)c1cc2oc(C)cc2n1Cc1ccc(OC)cc1. The molecule has 0 spiro atoms. The third kappa shape index (κ3) is 3.93. The van der Waals surface area contributed by atoms with Gasteiger partial charge in [0.05, 0.1) is 12.6 Å². The van der Waals surface area contributed by atoms with Crippen molar-refractivity contribution in [3.63, 3.8) is 0 Å². The molecule has 1 amide bonds. The average Bonchev–Trinajstić information content (AvgIpc) is 3.16. The molecule has 2 heterocycles. The van der Waals surface area contributed by atoms with Crippen molar-refractivity contribution >= 4 is 17.0 Å². The minimum absolute atomic E-state index is 0.0568. The van der Waals surface area contributed by atoms with E-state index in [1.165, 1.54) is 0 Å². The quantitative estimate of drug-likeness (QED) is 0.605. The van der Waals surface area contributed by atoms with Gasteiger partial charge in [0.1, 0.15) is 17.2 Å². The van der Waals surface area contributed by atoms with Gasteiger partial charge in [0.15, 0.2) is 5.58 Å². The van der Waals surface area contributed by atoms with E-state index in [2.05, 4.69) is 12.2 Å². The van der Waals surface area contributed by atoms with E-state index in [1.807, 2.05) is 47.9 Å². The molecule has 5 nitrogen and oxygen atoms in total. The highest BCUT2D eigenvalue weighted by Crippen LogP contribution is 2.25. The van der Waals surface area contributed by atoms with Crippen LogP contribution in [-0.4, -0.2) is 24.1 Å². The molecule has 26 heavy (non-hydrogen) atoms. The molecule has 0 radical (unpaired) electrons. The Kier molecular flexibility index (Phi) is 5.66. The summed E-state index contributed by atoms with van der Waals surface area (Å²) in [5, 5.41) is 3.02. The molecule has 5 heteroatoms. The minimum atomic E-state index is -0.0568. The summed E-state index contributed by atoms with van der Waals surface area (Å²) in [6.45, 7) is 5.37. The number of fused-ring (bicyclic) bond motifs is 1.